The van der Waals surface area contributed by atoms with Gasteiger partial charge in [-0.1, -0.05) is 43.9 Å². The fourth-order valence-electron chi connectivity index (χ4n) is 3.30. The summed E-state index contributed by atoms with van der Waals surface area (Å²) < 4.78 is 0. The average Bonchev–Trinajstić information content (AvgIpc) is 2.60. The summed E-state index contributed by atoms with van der Waals surface area (Å²) in [5, 5.41) is 9.03. The Morgan fingerprint density at radius 3 is 2.53 bits per heavy atom. The van der Waals surface area contributed by atoms with Gasteiger partial charge in [0, 0.05) is 0 Å². The Balaban J connectivity index is 1.83. The van der Waals surface area contributed by atoms with Crippen LogP contribution in [0.25, 0.3) is 0 Å². The maximum Gasteiger partial charge on any atom is 0.0755 e. The van der Waals surface area contributed by atoms with E-state index in [9.17, 15) is 0 Å². The first-order valence-corrected chi connectivity index (χ1v) is 6.91. The molecule has 0 aromatic heterocycles. The monoisotopic (exact) mass is 225 g/mol. The second-order valence-electron chi connectivity index (χ2n) is 5.53. The Hall–Kier alpha value is -1.29. The molecule has 17 heavy (non-hydrogen) atoms. The zero-order chi connectivity index (χ0) is 11.7. The predicted octanol–water partition coefficient (Wildman–Crippen LogP) is 4.29. The highest BCUT2D eigenvalue weighted by Crippen LogP contribution is 2.39. The van der Waals surface area contributed by atoms with E-state index >= 15 is 0 Å². The highest BCUT2D eigenvalue weighted by atomic mass is 14.3. The topological polar surface area (TPSA) is 23.8 Å². The van der Waals surface area contributed by atoms with Crippen molar-refractivity contribution in [2.75, 3.05) is 0 Å². The van der Waals surface area contributed by atoms with Crippen LogP contribution >= 0.6 is 0 Å². The van der Waals surface area contributed by atoms with Crippen LogP contribution in [0.5, 0.6) is 0 Å². The first-order chi connectivity index (χ1) is 8.38. The van der Waals surface area contributed by atoms with E-state index in [1.165, 1.54) is 55.2 Å². The van der Waals surface area contributed by atoms with E-state index in [2.05, 4.69) is 24.3 Å². The molecule has 3 rings (SSSR count). The van der Waals surface area contributed by atoms with Crippen molar-refractivity contribution in [3.8, 4) is 6.07 Å². The molecule has 0 saturated heterocycles. The summed E-state index contributed by atoms with van der Waals surface area (Å²) in [5.74, 6) is 0.929. The van der Waals surface area contributed by atoms with Crippen LogP contribution in [-0.2, 0) is 6.42 Å². The molecule has 0 bridgehead atoms. The normalized spacial score (nSPS) is 24.3. The third kappa shape index (κ3) is 1.97. The molecule has 2 aliphatic rings. The van der Waals surface area contributed by atoms with Gasteiger partial charge in [-0.05, 0) is 41.9 Å². The summed E-state index contributed by atoms with van der Waals surface area (Å²) >= 11 is 0. The molecule has 1 unspecified atom stereocenters. The van der Waals surface area contributed by atoms with Crippen molar-refractivity contribution >= 4 is 0 Å². The van der Waals surface area contributed by atoms with Gasteiger partial charge in [0.05, 0.1) is 12.0 Å². The summed E-state index contributed by atoms with van der Waals surface area (Å²) in [5.41, 5.74) is 4.20. The molecule has 0 aliphatic heterocycles. The van der Waals surface area contributed by atoms with Crippen molar-refractivity contribution in [3.63, 3.8) is 0 Å². The van der Waals surface area contributed by atoms with Gasteiger partial charge in [-0.15, -0.1) is 0 Å². The quantitative estimate of drug-likeness (QED) is 0.654. The van der Waals surface area contributed by atoms with Crippen molar-refractivity contribution in [1.29, 1.82) is 5.26 Å². The molecule has 1 heteroatoms. The maximum absolute atomic E-state index is 9.03. The van der Waals surface area contributed by atoms with E-state index in [0.717, 1.165) is 12.3 Å². The van der Waals surface area contributed by atoms with Gasteiger partial charge in [0.25, 0.3) is 0 Å². The van der Waals surface area contributed by atoms with Gasteiger partial charge >= 0.3 is 0 Å². The summed E-state index contributed by atoms with van der Waals surface area (Å²) in [6, 6.07) is 9.28. The number of hydrogen-bond donors (Lipinski definition) is 0. The molecule has 1 atom stereocenters. The standard InChI is InChI=1S/C16H19N/c17-11-15-9-14-8-7-13(10-16(14)15)12-5-3-1-2-4-6-12/h7-8,10,12,15H,1-6,9H2. The molecule has 0 spiro atoms. The van der Waals surface area contributed by atoms with Gasteiger partial charge in [-0.2, -0.15) is 5.26 Å². The van der Waals surface area contributed by atoms with Crippen LogP contribution in [0.3, 0.4) is 0 Å². The molecule has 0 N–H and O–H groups in total. The maximum atomic E-state index is 9.03. The lowest BCUT2D eigenvalue weighted by Crippen LogP contribution is -2.16. The van der Waals surface area contributed by atoms with Crippen LogP contribution < -0.4 is 0 Å². The molecule has 1 fully saturated rings. The third-order valence-electron chi connectivity index (χ3n) is 4.45. The molecule has 0 heterocycles. The van der Waals surface area contributed by atoms with Gasteiger partial charge in [-0.25, -0.2) is 0 Å². The molecule has 1 aromatic carbocycles. The van der Waals surface area contributed by atoms with Crippen LogP contribution in [-0.4, -0.2) is 0 Å². The second kappa shape index (κ2) is 4.53. The van der Waals surface area contributed by atoms with E-state index in [1.54, 1.807) is 0 Å². The fraction of sp³-hybridized carbons (Fsp3) is 0.562. The molecule has 2 aliphatic carbocycles. The lowest BCUT2D eigenvalue weighted by Gasteiger charge is -2.27. The van der Waals surface area contributed by atoms with Crippen LogP contribution in [0.2, 0.25) is 0 Å². The molecule has 1 nitrogen and oxygen atoms in total. The lowest BCUT2D eigenvalue weighted by atomic mass is 9.76. The van der Waals surface area contributed by atoms with E-state index in [0.29, 0.717) is 0 Å². The molecule has 0 amide bonds. The van der Waals surface area contributed by atoms with Gasteiger partial charge < -0.3 is 0 Å². The molecular formula is C16H19N. The number of benzene rings is 1. The zero-order valence-electron chi connectivity index (χ0n) is 10.3. The molecule has 1 saturated carbocycles. The minimum absolute atomic E-state index is 0.177. The number of hydrogen-bond acceptors (Lipinski definition) is 1. The number of nitriles is 1. The Morgan fingerprint density at radius 2 is 1.82 bits per heavy atom. The Labute approximate surface area is 103 Å². The summed E-state index contributed by atoms with van der Waals surface area (Å²) in [4.78, 5) is 0. The fourth-order valence-corrected chi connectivity index (χ4v) is 3.30. The first kappa shape index (κ1) is 10.8. The van der Waals surface area contributed by atoms with E-state index in [-0.39, 0.29) is 5.92 Å². The van der Waals surface area contributed by atoms with Crippen LogP contribution in [0, 0.1) is 11.3 Å². The zero-order valence-corrected chi connectivity index (χ0v) is 10.3. The van der Waals surface area contributed by atoms with Crippen LogP contribution in [0.1, 0.15) is 67.1 Å². The minimum Gasteiger partial charge on any atom is -0.198 e. The van der Waals surface area contributed by atoms with E-state index in [4.69, 9.17) is 5.26 Å². The molecule has 1 aromatic rings. The van der Waals surface area contributed by atoms with Gasteiger partial charge in [-0.3, -0.25) is 0 Å². The van der Waals surface area contributed by atoms with Gasteiger partial charge in [0.15, 0.2) is 0 Å². The minimum atomic E-state index is 0.177. The largest absolute Gasteiger partial charge is 0.198 e. The lowest BCUT2D eigenvalue weighted by molar-refractivity contribution is 0.589. The van der Waals surface area contributed by atoms with Gasteiger partial charge in [0.1, 0.15) is 0 Å². The molecular weight excluding hydrogens is 206 g/mol. The Kier molecular flexibility index (Phi) is 2.89. The molecule has 88 valence electrons. The summed E-state index contributed by atoms with van der Waals surface area (Å²) in [6.45, 7) is 0. The SMILES string of the molecule is N#CC1Cc2ccc(C3CCCCCC3)cc21. The number of nitrogens with zero attached hydrogens (tertiary/aromatic N) is 1. The van der Waals surface area contributed by atoms with Crippen molar-refractivity contribution in [2.45, 2.75) is 56.8 Å². The highest BCUT2D eigenvalue weighted by Gasteiger charge is 2.27. The summed E-state index contributed by atoms with van der Waals surface area (Å²) in [7, 11) is 0. The number of rotatable bonds is 1. The first-order valence-electron chi connectivity index (χ1n) is 6.91. The van der Waals surface area contributed by atoms with Crippen molar-refractivity contribution in [1.82, 2.24) is 0 Å². The van der Waals surface area contributed by atoms with Crippen molar-refractivity contribution in [2.24, 2.45) is 0 Å². The second-order valence-corrected chi connectivity index (χ2v) is 5.53. The third-order valence-corrected chi connectivity index (χ3v) is 4.45. The van der Waals surface area contributed by atoms with Gasteiger partial charge in [0.2, 0.25) is 0 Å². The van der Waals surface area contributed by atoms with E-state index < -0.39 is 0 Å². The predicted molar refractivity (Wildman–Crippen MR) is 68.9 cm³/mol. The highest BCUT2D eigenvalue weighted by molar-refractivity contribution is 5.46. The number of fused-ring (bicyclic) bond motifs is 1. The average molecular weight is 225 g/mol. The van der Waals surface area contributed by atoms with E-state index in [1.807, 2.05) is 0 Å². The molecule has 0 radical (unpaired) electrons. The van der Waals surface area contributed by atoms with Crippen LogP contribution in [0.4, 0.5) is 0 Å². The van der Waals surface area contributed by atoms with Crippen molar-refractivity contribution < 1.29 is 0 Å². The Bertz CT molecular complexity index is 447. The van der Waals surface area contributed by atoms with Crippen molar-refractivity contribution in [3.05, 3.63) is 34.9 Å². The van der Waals surface area contributed by atoms with Crippen LogP contribution in [0.15, 0.2) is 18.2 Å². The summed E-state index contributed by atoms with van der Waals surface area (Å²) in [6.07, 6.45) is 9.22. The Morgan fingerprint density at radius 1 is 1.06 bits per heavy atom. The smallest absolute Gasteiger partial charge is 0.0755 e.